The van der Waals surface area contributed by atoms with E-state index in [0.29, 0.717) is 16.6 Å². The first-order valence-corrected chi connectivity index (χ1v) is 5.41. The molecule has 0 bridgehead atoms. The number of nitrogens with zero attached hydrogens (tertiary/aromatic N) is 6. The maximum Gasteiger partial charge on any atom is 0.198 e. The van der Waals surface area contributed by atoms with Crippen LogP contribution in [0.4, 0.5) is 0 Å². The van der Waals surface area contributed by atoms with Crippen molar-refractivity contribution in [2.75, 3.05) is 0 Å². The summed E-state index contributed by atoms with van der Waals surface area (Å²) in [5.41, 5.74) is 2.36. The Labute approximate surface area is 102 Å². The maximum absolute atomic E-state index is 5.95. The van der Waals surface area contributed by atoms with Gasteiger partial charge in [0.15, 0.2) is 16.6 Å². The minimum Gasteiger partial charge on any atom is -0.277 e. The number of fused-ring (bicyclic) bond motifs is 1. The lowest BCUT2D eigenvalue weighted by molar-refractivity contribution is 0.757. The van der Waals surface area contributed by atoms with Crippen LogP contribution in [0, 0.1) is 6.92 Å². The van der Waals surface area contributed by atoms with E-state index < -0.39 is 0 Å². The van der Waals surface area contributed by atoms with Crippen molar-refractivity contribution in [3.05, 3.63) is 29.3 Å². The molecule has 0 fully saturated rings. The summed E-state index contributed by atoms with van der Waals surface area (Å²) in [6.07, 6.45) is 3.39. The second-order valence-electron chi connectivity index (χ2n) is 3.73. The summed E-state index contributed by atoms with van der Waals surface area (Å²) in [6, 6.07) is 1.95. The van der Waals surface area contributed by atoms with Crippen LogP contribution in [0.3, 0.4) is 0 Å². The first-order chi connectivity index (χ1) is 8.16. The molecule has 3 aromatic heterocycles. The Bertz CT molecular complexity index is 698. The minimum absolute atomic E-state index is 0.338. The molecular weight excluding hydrogens is 240 g/mol. The molecule has 3 rings (SSSR count). The molecular formula is C10H9ClN6. The van der Waals surface area contributed by atoms with Gasteiger partial charge in [0.1, 0.15) is 5.69 Å². The third-order valence-electron chi connectivity index (χ3n) is 2.52. The van der Waals surface area contributed by atoms with Gasteiger partial charge in [-0.25, -0.2) is 4.98 Å². The maximum atomic E-state index is 5.95. The second-order valence-corrected chi connectivity index (χ2v) is 4.09. The molecule has 7 heteroatoms. The molecule has 0 aromatic carbocycles. The molecule has 0 N–H and O–H groups in total. The zero-order chi connectivity index (χ0) is 12.0. The predicted octanol–water partition coefficient (Wildman–Crippen LogP) is 1.49. The Kier molecular flexibility index (Phi) is 2.12. The summed E-state index contributed by atoms with van der Waals surface area (Å²) >= 11 is 5.95. The van der Waals surface area contributed by atoms with Gasteiger partial charge in [0, 0.05) is 19.4 Å². The summed E-state index contributed by atoms with van der Waals surface area (Å²) in [7, 11) is 1.87. The largest absolute Gasteiger partial charge is 0.277 e. The van der Waals surface area contributed by atoms with Crippen molar-refractivity contribution in [2.45, 2.75) is 6.92 Å². The van der Waals surface area contributed by atoms with Gasteiger partial charge in [-0.15, -0.1) is 10.2 Å². The lowest BCUT2D eigenvalue weighted by atomic mass is 10.3. The standard InChI is InChI=1S/C10H9ClN6/c1-6-5-7(16(2)15-6)9-13-14-10-8(11)12-3-4-17(9)10/h3-5H,1-2H3. The number of hydrogen-bond donors (Lipinski definition) is 0. The van der Waals surface area contributed by atoms with Gasteiger partial charge in [0.05, 0.1) is 5.69 Å². The third kappa shape index (κ3) is 1.49. The normalized spacial score (nSPS) is 11.2. The van der Waals surface area contributed by atoms with E-state index in [2.05, 4.69) is 20.3 Å². The Morgan fingerprint density at radius 2 is 2.12 bits per heavy atom. The first-order valence-electron chi connectivity index (χ1n) is 5.03. The molecule has 0 radical (unpaired) electrons. The molecule has 6 nitrogen and oxygen atoms in total. The molecule has 3 aromatic rings. The molecule has 86 valence electrons. The van der Waals surface area contributed by atoms with Gasteiger partial charge >= 0.3 is 0 Å². The predicted molar refractivity (Wildman–Crippen MR) is 62.7 cm³/mol. The number of halogens is 1. The van der Waals surface area contributed by atoms with E-state index in [1.165, 1.54) is 0 Å². The average molecular weight is 249 g/mol. The van der Waals surface area contributed by atoms with Crippen molar-refractivity contribution >= 4 is 17.2 Å². The van der Waals surface area contributed by atoms with Crippen molar-refractivity contribution < 1.29 is 0 Å². The Balaban J connectivity index is 2.32. The minimum atomic E-state index is 0.338. The van der Waals surface area contributed by atoms with E-state index in [0.717, 1.165) is 11.4 Å². The Morgan fingerprint density at radius 3 is 2.82 bits per heavy atom. The molecule has 0 saturated heterocycles. The van der Waals surface area contributed by atoms with Crippen molar-refractivity contribution in [3.8, 4) is 11.5 Å². The summed E-state index contributed by atoms with van der Waals surface area (Å²) in [5.74, 6) is 0.701. The van der Waals surface area contributed by atoms with Crippen LogP contribution in [-0.2, 0) is 7.05 Å². The van der Waals surface area contributed by atoms with Gasteiger partial charge in [-0.3, -0.25) is 9.08 Å². The van der Waals surface area contributed by atoms with Crippen LogP contribution < -0.4 is 0 Å². The molecule has 17 heavy (non-hydrogen) atoms. The van der Waals surface area contributed by atoms with Crippen LogP contribution in [0.1, 0.15) is 5.69 Å². The average Bonchev–Trinajstić information content (AvgIpc) is 2.83. The van der Waals surface area contributed by atoms with Crippen LogP contribution in [0.25, 0.3) is 17.2 Å². The zero-order valence-corrected chi connectivity index (χ0v) is 10.0. The number of rotatable bonds is 1. The number of aryl methyl sites for hydroxylation is 2. The van der Waals surface area contributed by atoms with Crippen LogP contribution in [-0.4, -0.2) is 29.4 Å². The van der Waals surface area contributed by atoms with E-state index in [1.54, 1.807) is 21.5 Å². The molecule has 0 aliphatic rings. The van der Waals surface area contributed by atoms with Crippen LogP contribution >= 0.6 is 11.6 Å². The highest BCUT2D eigenvalue weighted by molar-refractivity contribution is 6.32. The molecule has 3 heterocycles. The van der Waals surface area contributed by atoms with Gasteiger partial charge < -0.3 is 0 Å². The van der Waals surface area contributed by atoms with Crippen molar-refractivity contribution in [1.82, 2.24) is 29.4 Å². The molecule has 0 aliphatic carbocycles. The number of aromatic nitrogens is 6. The highest BCUT2D eigenvalue weighted by atomic mass is 35.5. The van der Waals surface area contributed by atoms with Crippen LogP contribution in [0.5, 0.6) is 0 Å². The van der Waals surface area contributed by atoms with Crippen LogP contribution in [0.2, 0.25) is 5.15 Å². The van der Waals surface area contributed by atoms with Crippen molar-refractivity contribution in [3.63, 3.8) is 0 Å². The van der Waals surface area contributed by atoms with Gasteiger partial charge in [-0.05, 0) is 13.0 Å². The van der Waals surface area contributed by atoms with E-state index >= 15 is 0 Å². The highest BCUT2D eigenvalue weighted by Crippen LogP contribution is 2.20. The van der Waals surface area contributed by atoms with Gasteiger partial charge in [0.2, 0.25) is 0 Å². The van der Waals surface area contributed by atoms with Gasteiger partial charge in [0.25, 0.3) is 0 Å². The summed E-state index contributed by atoms with van der Waals surface area (Å²) < 4.78 is 3.56. The van der Waals surface area contributed by atoms with Crippen molar-refractivity contribution in [2.24, 2.45) is 7.05 Å². The lowest BCUT2D eigenvalue weighted by Crippen LogP contribution is -1.98. The van der Waals surface area contributed by atoms with Crippen LogP contribution in [0.15, 0.2) is 18.5 Å². The molecule has 0 spiro atoms. The molecule has 0 aliphatic heterocycles. The SMILES string of the molecule is Cc1cc(-c2nnc3c(Cl)nccn23)n(C)n1. The molecule has 0 unspecified atom stereocenters. The van der Waals surface area contributed by atoms with Gasteiger partial charge in [-0.2, -0.15) is 5.10 Å². The van der Waals surface area contributed by atoms with E-state index in [4.69, 9.17) is 11.6 Å². The first kappa shape index (κ1) is 10.2. The third-order valence-corrected chi connectivity index (χ3v) is 2.78. The Hall–Kier alpha value is -1.95. The van der Waals surface area contributed by atoms with E-state index in [-0.39, 0.29) is 0 Å². The topological polar surface area (TPSA) is 60.9 Å². The van der Waals surface area contributed by atoms with Crippen molar-refractivity contribution in [1.29, 1.82) is 0 Å². The molecule has 0 saturated carbocycles. The Morgan fingerprint density at radius 1 is 1.29 bits per heavy atom. The van der Waals surface area contributed by atoms with E-state index in [1.807, 2.05) is 20.0 Å². The smallest absolute Gasteiger partial charge is 0.198 e. The summed E-state index contributed by atoms with van der Waals surface area (Å²) in [6.45, 7) is 1.93. The number of hydrogen-bond acceptors (Lipinski definition) is 4. The summed E-state index contributed by atoms with van der Waals surface area (Å²) in [5, 5.41) is 12.8. The lowest BCUT2D eigenvalue weighted by Gasteiger charge is -1.99. The summed E-state index contributed by atoms with van der Waals surface area (Å²) in [4.78, 5) is 3.96. The zero-order valence-electron chi connectivity index (χ0n) is 9.29. The fraction of sp³-hybridized carbons (Fsp3) is 0.200. The van der Waals surface area contributed by atoms with Gasteiger partial charge in [-0.1, -0.05) is 11.6 Å². The fourth-order valence-corrected chi connectivity index (χ4v) is 1.98. The van der Waals surface area contributed by atoms with E-state index in [9.17, 15) is 0 Å². The monoisotopic (exact) mass is 248 g/mol. The highest BCUT2D eigenvalue weighted by Gasteiger charge is 2.14. The second kappa shape index (κ2) is 3.53. The molecule has 0 atom stereocenters. The quantitative estimate of drug-likeness (QED) is 0.655. The fourth-order valence-electron chi connectivity index (χ4n) is 1.79. The molecule has 0 amide bonds.